The zero-order valence-corrected chi connectivity index (χ0v) is 16.2. The number of pyridine rings is 1. The van der Waals surface area contributed by atoms with Crippen LogP contribution in [-0.4, -0.2) is 46.9 Å². The van der Waals surface area contributed by atoms with E-state index in [1.54, 1.807) is 7.05 Å². The smallest absolute Gasteiger partial charge is 0.191 e. The Hall–Kier alpha value is -1.42. The van der Waals surface area contributed by atoms with Gasteiger partial charge < -0.3 is 15.4 Å². The summed E-state index contributed by atoms with van der Waals surface area (Å²) in [4.78, 5) is 4.20. The standard InChI is InChI=1S/C15H24N6O.HI/c1-12(2)22-10-6-8-17-15(16-3)18-11-14-20-19-13-7-4-5-9-21(13)14;/h4-5,7,9,12H,6,8,10-11H2,1-3H3,(H2,16,17,18);1H. The number of fused-ring (bicyclic) bond motifs is 1. The van der Waals surface area contributed by atoms with Gasteiger partial charge in [-0.3, -0.25) is 9.39 Å². The van der Waals surface area contributed by atoms with Gasteiger partial charge in [-0.1, -0.05) is 6.07 Å². The second-order valence-electron chi connectivity index (χ2n) is 5.17. The zero-order chi connectivity index (χ0) is 15.8. The lowest BCUT2D eigenvalue weighted by Crippen LogP contribution is -2.38. The van der Waals surface area contributed by atoms with Crippen molar-refractivity contribution in [3.8, 4) is 0 Å². The van der Waals surface area contributed by atoms with Gasteiger partial charge in [0.1, 0.15) is 0 Å². The monoisotopic (exact) mass is 432 g/mol. The molecule has 23 heavy (non-hydrogen) atoms. The minimum absolute atomic E-state index is 0. The topological polar surface area (TPSA) is 75.8 Å². The molecular formula is C15H25IN6O. The number of guanidine groups is 1. The van der Waals surface area contributed by atoms with Crippen LogP contribution in [0, 0.1) is 0 Å². The molecule has 0 atom stereocenters. The number of ether oxygens (including phenoxy) is 1. The van der Waals surface area contributed by atoms with Crippen LogP contribution in [0.5, 0.6) is 0 Å². The lowest BCUT2D eigenvalue weighted by Gasteiger charge is -2.12. The van der Waals surface area contributed by atoms with Crippen molar-refractivity contribution in [2.75, 3.05) is 20.2 Å². The van der Waals surface area contributed by atoms with Crippen LogP contribution in [0.1, 0.15) is 26.1 Å². The van der Waals surface area contributed by atoms with Gasteiger partial charge in [0.2, 0.25) is 0 Å². The maximum absolute atomic E-state index is 5.50. The van der Waals surface area contributed by atoms with E-state index in [1.807, 2.05) is 42.6 Å². The van der Waals surface area contributed by atoms with Gasteiger partial charge in [-0.2, -0.15) is 0 Å². The first-order valence-corrected chi connectivity index (χ1v) is 7.55. The molecule has 0 amide bonds. The second-order valence-corrected chi connectivity index (χ2v) is 5.17. The summed E-state index contributed by atoms with van der Waals surface area (Å²) >= 11 is 0. The normalized spacial score (nSPS) is 11.6. The molecule has 0 bridgehead atoms. The number of nitrogens with one attached hydrogen (secondary N) is 2. The number of halogens is 1. The number of aliphatic imine (C=N–C) groups is 1. The highest BCUT2D eigenvalue weighted by Crippen LogP contribution is 2.02. The Morgan fingerprint density at radius 3 is 2.87 bits per heavy atom. The van der Waals surface area contributed by atoms with E-state index in [0.717, 1.165) is 37.0 Å². The van der Waals surface area contributed by atoms with Gasteiger partial charge in [0.25, 0.3) is 0 Å². The van der Waals surface area contributed by atoms with Crippen molar-refractivity contribution >= 4 is 35.6 Å². The molecule has 0 radical (unpaired) electrons. The Bertz CT molecular complexity index is 613. The SMILES string of the molecule is CN=C(NCCCOC(C)C)NCc1nnc2ccccn12.I. The summed E-state index contributed by atoms with van der Waals surface area (Å²) in [6.07, 6.45) is 3.16. The molecule has 0 spiro atoms. The van der Waals surface area contributed by atoms with Gasteiger partial charge in [0.05, 0.1) is 12.6 Å². The van der Waals surface area contributed by atoms with Crippen molar-refractivity contribution in [2.45, 2.75) is 32.9 Å². The van der Waals surface area contributed by atoms with Crippen molar-refractivity contribution in [1.82, 2.24) is 25.2 Å². The average Bonchev–Trinajstić information content (AvgIpc) is 2.93. The first-order valence-electron chi connectivity index (χ1n) is 7.55. The lowest BCUT2D eigenvalue weighted by molar-refractivity contribution is 0.0776. The molecule has 0 unspecified atom stereocenters. The molecular weight excluding hydrogens is 407 g/mol. The zero-order valence-electron chi connectivity index (χ0n) is 13.8. The van der Waals surface area contributed by atoms with Gasteiger partial charge in [-0.15, -0.1) is 34.2 Å². The molecule has 0 aliphatic carbocycles. The summed E-state index contributed by atoms with van der Waals surface area (Å²) in [5, 5.41) is 14.8. The van der Waals surface area contributed by atoms with Crippen LogP contribution in [-0.2, 0) is 11.3 Å². The Morgan fingerprint density at radius 1 is 1.30 bits per heavy atom. The van der Waals surface area contributed by atoms with Gasteiger partial charge in [-0.05, 0) is 32.4 Å². The fourth-order valence-corrected chi connectivity index (χ4v) is 1.99. The van der Waals surface area contributed by atoms with E-state index in [1.165, 1.54) is 0 Å². The molecule has 0 aliphatic heterocycles. The summed E-state index contributed by atoms with van der Waals surface area (Å²) < 4.78 is 7.46. The summed E-state index contributed by atoms with van der Waals surface area (Å²) in [6.45, 7) is 6.20. The van der Waals surface area contributed by atoms with E-state index >= 15 is 0 Å². The van der Waals surface area contributed by atoms with E-state index < -0.39 is 0 Å². The minimum atomic E-state index is 0. The molecule has 2 N–H and O–H groups in total. The second kappa shape index (κ2) is 10.4. The van der Waals surface area contributed by atoms with Crippen molar-refractivity contribution in [3.05, 3.63) is 30.2 Å². The molecule has 2 aromatic heterocycles. The van der Waals surface area contributed by atoms with E-state index in [2.05, 4.69) is 25.8 Å². The lowest BCUT2D eigenvalue weighted by atomic mass is 10.4. The van der Waals surface area contributed by atoms with E-state index in [-0.39, 0.29) is 30.1 Å². The number of hydrogen-bond donors (Lipinski definition) is 2. The first-order chi connectivity index (χ1) is 10.7. The average molecular weight is 432 g/mol. The molecule has 128 valence electrons. The van der Waals surface area contributed by atoms with Crippen molar-refractivity contribution in [1.29, 1.82) is 0 Å². The summed E-state index contributed by atoms with van der Waals surface area (Å²) in [5.41, 5.74) is 0.841. The maximum atomic E-state index is 5.50. The Balaban J connectivity index is 0.00000264. The highest BCUT2D eigenvalue weighted by atomic mass is 127. The van der Waals surface area contributed by atoms with Crippen LogP contribution in [0.4, 0.5) is 0 Å². The Labute approximate surface area is 153 Å². The fraction of sp³-hybridized carbons (Fsp3) is 0.533. The highest BCUT2D eigenvalue weighted by Gasteiger charge is 2.05. The molecule has 8 heteroatoms. The molecule has 0 fully saturated rings. The predicted molar refractivity (Wildman–Crippen MR) is 102 cm³/mol. The molecule has 0 aromatic carbocycles. The van der Waals surface area contributed by atoms with Crippen LogP contribution in [0.2, 0.25) is 0 Å². The minimum Gasteiger partial charge on any atom is -0.379 e. The molecule has 0 saturated carbocycles. The van der Waals surface area contributed by atoms with E-state index in [0.29, 0.717) is 6.54 Å². The third-order valence-corrected chi connectivity index (χ3v) is 3.09. The van der Waals surface area contributed by atoms with Gasteiger partial charge in [0, 0.05) is 26.4 Å². The van der Waals surface area contributed by atoms with Crippen LogP contribution in [0.3, 0.4) is 0 Å². The number of rotatable bonds is 7. The molecule has 2 aromatic rings. The molecule has 0 aliphatic rings. The molecule has 7 nitrogen and oxygen atoms in total. The first kappa shape index (κ1) is 19.6. The van der Waals surface area contributed by atoms with Crippen molar-refractivity contribution in [3.63, 3.8) is 0 Å². The van der Waals surface area contributed by atoms with Crippen LogP contribution >= 0.6 is 24.0 Å². The van der Waals surface area contributed by atoms with Crippen molar-refractivity contribution < 1.29 is 4.74 Å². The fourth-order valence-electron chi connectivity index (χ4n) is 1.99. The Kier molecular flexibility index (Phi) is 8.85. The largest absolute Gasteiger partial charge is 0.379 e. The molecule has 2 rings (SSSR count). The van der Waals surface area contributed by atoms with Gasteiger partial charge >= 0.3 is 0 Å². The van der Waals surface area contributed by atoms with Crippen LogP contribution in [0.25, 0.3) is 5.65 Å². The van der Waals surface area contributed by atoms with Gasteiger partial charge in [0.15, 0.2) is 17.4 Å². The summed E-state index contributed by atoms with van der Waals surface area (Å²) in [7, 11) is 1.75. The van der Waals surface area contributed by atoms with Crippen molar-refractivity contribution in [2.24, 2.45) is 4.99 Å². The van der Waals surface area contributed by atoms with Gasteiger partial charge in [-0.25, -0.2) is 0 Å². The number of aromatic nitrogens is 3. The summed E-state index contributed by atoms with van der Waals surface area (Å²) in [5.74, 6) is 1.60. The number of hydrogen-bond acceptors (Lipinski definition) is 4. The van der Waals surface area contributed by atoms with E-state index in [4.69, 9.17) is 4.74 Å². The third-order valence-electron chi connectivity index (χ3n) is 3.09. The maximum Gasteiger partial charge on any atom is 0.191 e. The molecule has 2 heterocycles. The quantitative estimate of drug-likeness (QED) is 0.302. The third kappa shape index (κ3) is 6.30. The van der Waals surface area contributed by atoms with Crippen LogP contribution in [0.15, 0.2) is 29.4 Å². The predicted octanol–water partition coefficient (Wildman–Crippen LogP) is 1.83. The Morgan fingerprint density at radius 2 is 2.13 bits per heavy atom. The highest BCUT2D eigenvalue weighted by molar-refractivity contribution is 14.0. The molecule has 0 saturated heterocycles. The van der Waals surface area contributed by atoms with E-state index in [9.17, 15) is 0 Å². The number of nitrogens with zero attached hydrogens (tertiary/aromatic N) is 4. The summed E-state index contributed by atoms with van der Waals surface area (Å²) in [6, 6.07) is 5.83. The van der Waals surface area contributed by atoms with Crippen LogP contribution < -0.4 is 10.6 Å².